The van der Waals surface area contributed by atoms with Crippen molar-refractivity contribution in [3.05, 3.63) is 20.7 Å². The molecule has 1 N–H and O–H groups in total. The van der Waals surface area contributed by atoms with Gasteiger partial charge in [0.2, 0.25) is 0 Å². The Labute approximate surface area is 128 Å². The van der Waals surface area contributed by atoms with Crippen molar-refractivity contribution in [1.82, 2.24) is 9.88 Å². The topological polar surface area (TPSA) is 77.4 Å². The van der Waals surface area contributed by atoms with E-state index < -0.39 is 5.97 Å². The minimum absolute atomic E-state index is 0.0714. The van der Waals surface area contributed by atoms with Crippen LogP contribution in [0.3, 0.4) is 0 Å². The van der Waals surface area contributed by atoms with Crippen molar-refractivity contribution >= 4 is 23.2 Å². The van der Waals surface area contributed by atoms with E-state index in [0.29, 0.717) is 0 Å². The maximum atomic E-state index is 11.6. The molecule has 0 radical (unpaired) electrons. The standard InChI is InChI=1S/C14H22N2O4S/c1-5-14(3,4)15-11(17)8-20-12(18)6-7-16-10(2)9-21-13(16)19/h9H,5-8H2,1-4H3,(H,15,17). The summed E-state index contributed by atoms with van der Waals surface area (Å²) < 4.78 is 6.43. The second-order valence-electron chi connectivity index (χ2n) is 5.49. The summed E-state index contributed by atoms with van der Waals surface area (Å²) in [6, 6.07) is 0. The van der Waals surface area contributed by atoms with E-state index >= 15 is 0 Å². The lowest BCUT2D eigenvalue weighted by Gasteiger charge is -2.24. The largest absolute Gasteiger partial charge is 0.456 e. The van der Waals surface area contributed by atoms with Crippen LogP contribution in [-0.2, 0) is 20.9 Å². The molecule has 0 saturated heterocycles. The highest BCUT2D eigenvalue weighted by atomic mass is 32.1. The van der Waals surface area contributed by atoms with Crippen LogP contribution < -0.4 is 10.2 Å². The SMILES string of the molecule is CCC(C)(C)NC(=O)COC(=O)CCn1c(C)csc1=O. The Balaban J connectivity index is 2.35. The smallest absolute Gasteiger partial charge is 0.308 e. The van der Waals surface area contributed by atoms with E-state index in [4.69, 9.17) is 4.74 Å². The van der Waals surface area contributed by atoms with Gasteiger partial charge in [-0.1, -0.05) is 18.3 Å². The first-order chi connectivity index (χ1) is 9.75. The molecule has 0 atom stereocenters. The average Bonchev–Trinajstić information content (AvgIpc) is 2.73. The number of carbonyl (C=O) groups is 2. The highest BCUT2D eigenvalue weighted by Crippen LogP contribution is 2.06. The molecule has 118 valence electrons. The summed E-state index contributed by atoms with van der Waals surface area (Å²) >= 11 is 1.10. The molecule has 0 bridgehead atoms. The number of aryl methyl sites for hydroxylation is 1. The van der Waals surface area contributed by atoms with E-state index in [1.54, 1.807) is 5.38 Å². The van der Waals surface area contributed by atoms with Gasteiger partial charge in [-0.15, -0.1) is 0 Å². The van der Waals surface area contributed by atoms with Gasteiger partial charge in [0.05, 0.1) is 6.42 Å². The molecule has 1 rings (SSSR count). The predicted octanol–water partition coefficient (Wildman–Crippen LogP) is 1.46. The lowest BCUT2D eigenvalue weighted by molar-refractivity contribution is -0.149. The molecule has 21 heavy (non-hydrogen) atoms. The second-order valence-corrected chi connectivity index (χ2v) is 6.31. The van der Waals surface area contributed by atoms with Gasteiger partial charge in [-0.3, -0.25) is 14.4 Å². The fraction of sp³-hybridized carbons (Fsp3) is 0.643. The highest BCUT2D eigenvalue weighted by Gasteiger charge is 2.18. The number of aromatic nitrogens is 1. The van der Waals surface area contributed by atoms with Gasteiger partial charge < -0.3 is 14.6 Å². The number of thiazole rings is 1. The molecular formula is C14H22N2O4S. The van der Waals surface area contributed by atoms with Crippen LogP contribution in [0.25, 0.3) is 0 Å². The summed E-state index contributed by atoms with van der Waals surface area (Å²) in [5, 5.41) is 4.52. The molecule has 0 aliphatic carbocycles. The summed E-state index contributed by atoms with van der Waals surface area (Å²) in [6.45, 7) is 7.56. The zero-order chi connectivity index (χ0) is 16.0. The van der Waals surface area contributed by atoms with Crippen LogP contribution in [0, 0.1) is 6.92 Å². The maximum Gasteiger partial charge on any atom is 0.308 e. The Kier molecular flexibility index (Phi) is 6.14. The van der Waals surface area contributed by atoms with Crippen LogP contribution in [0.2, 0.25) is 0 Å². The zero-order valence-electron chi connectivity index (χ0n) is 12.9. The van der Waals surface area contributed by atoms with Crippen LogP contribution in [-0.4, -0.2) is 28.6 Å². The van der Waals surface area contributed by atoms with Crippen molar-refractivity contribution in [3.63, 3.8) is 0 Å². The van der Waals surface area contributed by atoms with Crippen molar-refractivity contribution in [3.8, 4) is 0 Å². The summed E-state index contributed by atoms with van der Waals surface area (Å²) in [4.78, 5) is 34.6. The van der Waals surface area contributed by atoms with Crippen LogP contribution in [0.4, 0.5) is 0 Å². The van der Waals surface area contributed by atoms with E-state index in [2.05, 4.69) is 5.32 Å². The fourth-order valence-electron chi connectivity index (χ4n) is 1.60. The first-order valence-electron chi connectivity index (χ1n) is 6.86. The van der Waals surface area contributed by atoms with Crippen LogP contribution in [0.5, 0.6) is 0 Å². The van der Waals surface area contributed by atoms with Gasteiger partial charge in [-0.05, 0) is 27.2 Å². The van der Waals surface area contributed by atoms with Gasteiger partial charge in [0.25, 0.3) is 5.91 Å². The van der Waals surface area contributed by atoms with Gasteiger partial charge in [-0.25, -0.2) is 0 Å². The molecule has 0 aromatic carbocycles. The van der Waals surface area contributed by atoms with Crippen LogP contribution in [0.1, 0.15) is 39.3 Å². The van der Waals surface area contributed by atoms with Gasteiger partial charge in [0, 0.05) is 23.2 Å². The van der Waals surface area contributed by atoms with E-state index in [1.807, 2.05) is 27.7 Å². The number of rotatable bonds is 7. The normalized spacial score (nSPS) is 11.2. The Morgan fingerprint density at radius 3 is 2.62 bits per heavy atom. The molecule has 0 unspecified atom stereocenters. The summed E-state index contributed by atoms with van der Waals surface area (Å²) in [6.07, 6.45) is 0.856. The van der Waals surface area contributed by atoms with Crippen LogP contribution in [0.15, 0.2) is 10.2 Å². The number of hydrogen-bond donors (Lipinski definition) is 1. The number of nitrogens with zero attached hydrogens (tertiary/aromatic N) is 1. The molecule has 1 aromatic heterocycles. The molecule has 0 fully saturated rings. The molecule has 6 nitrogen and oxygen atoms in total. The van der Waals surface area contributed by atoms with Gasteiger partial charge in [0.1, 0.15) is 0 Å². The fourth-order valence-corrected chi connectivity index (χ4v) is 2.36. The zero-order valence-corrected chi connectivity index (χ0v) is 13.7. The quantitative estimate of drug-likeness (QED) is 0.773. The molecule has 1 heterocycles. The minimum atomic E-state index is -0.489. The minimum Gasteiger partial charge on any atom is -0.456 e. The summed E-state index contributed by atoms with van der Waals surface area (Å²) in [5.74, 6) is -0.809. The molecule has 0 saturated carbocycles. The lowest BCUT2D eigenvalue weighted by Crippen LogP contribution is -2.44. The number of hydrogen-bond acceptors (Lipinski definition) is 5. The Bertz CT molecular complexity index is 560. The van der Waals surface area contributed by atoms with E-state index in [1.165, 1.54) is 4.57 Å². The molecule has 7 heteroatoms. The third kappa shape index (κ3) is 5.71. The molecular weight excluding hydrogens is 292 g/mol. The van der Waals surface area contributed by atoms with Gasteiger partial charge in [0.15, 0.2) is 6.61 Å². The predicted molar refractivity (Wildman–Crippen MR) is 81.4 cm³/mol. The summed E-state index contributed by atoms with van der Waals surface area (Å²) in [5.41, 5.74) is 0.505. The number of amides is 1. The third-order valence-corrected chi connectivity index (χ3v) is 4.12. The van der Waals surface area contributed by atoms with Gasteiger partial charge in [-0.2, -0.15) is 0 Å². The van der Waals surface area contributed by atoms with Gasteiger partial charge >= 0.3 is 10.8 Å². The number of ether oxygens (including phenoxy) is 1. The van der Waals surface area contributed by atoms with Crippen molar-refractivity contribution < 1.29 is 14.3 Å². The Morgan fingerprint density at radius 2 is 2.10 bits per heavy atom. The number of esters is 1. The van der Waals surface area contributed by atoms with E-state index in [9.17, 15) is 14.4 Å². The molecule has 1 aromatic rings. The monoisotopic (exact) mass is 314 g/mol. The highest BCUT2D eigenvalue weighted by molar-refractivity contribution is 7.07. The Hall–Kier alpha value is -1.63. The summed E-state index contributed by atoms with van der Waals surface area (Å²) in [7, 11) is 0. The molecule has 0 aliphatic rings. The van der Waals surface area contributed by atoms with E-state index in [-0.39, 0.29) is 35.9 Å². The molecule has 0 spiro atoms. The third-order valence-electron chi connectivity index (χ3n) is 3.24. The van der Waals surface area contributed by atoms with Crippen LogP contribution >= 0.6 is 11.3 Å². The lowest BCUT2D eigenvalue weighted by atomic mass is 10.0. The van der Waals surface area contributed by atoms with Crippen molar-refractivity contribution in [2.45, 2.75) is 52.6 Å². The first-order valence-corrected chi connectivity index (χ1v) is 7.74. The number of nitrogens with one attached hydrogen (secondary N) is 1. The maximum absolute atomic E-state index is 11.6. The molecule has 0 aliphatic heterocycles. The molecule has 1 amide bonds. The second kappa shape index (κ2) is 7.40. The Morgan fingerprint density at radius 1 is 1.43 bits per heavy atom. The van der Waals surface area contributed by atoms with Crippen molar-refractivity contribution in [1.29, 1.82) is 0 Å². The van der Waals surface area contributed by atoms with Crippen molar-refractivity contribution in [2.75, 3.05) is 6.61 Å². The average molecular weight is 314 g/mol. The first kappa shape index (κ1) is 17.4. The van der Waals surface area contributed by atoms with Crippen molar-refractivity contribution in [2.24, 2.45) is 0 Å². The number of carbonyl (C=O) groups excluding carboxylic acids is 2. The van der Waals surface area contributed by atoms with E-state index in [0.717, 1.165) is 23.5 Å².